The van der Waals surface area contributed by atoms with Crippen molar-refractivity contribution < 1.29 is 9.84 Å². The van der Waals surface area contributed by atoms with Crippen molar-refractivity contribution in [2.24, 2.45) is 5.41 Å². The van der Waals surface area contributed by atoms with Gasteiger partial charge in [-0.2, -0.15) is 0 Å². The molecule has 2 unspecified atom stereocenters. The van der Waals surface area contributed by atoms with Crippen LogP contribution in [-0.2, 0) is 0 Å². The van der Waals surface area contributed by atoms with Crippen LogP contribution in [0.1, 0.15) is 45.6 Å². The Labute approximate surface area is 104 Å². The standard InChI is InChI=1S/C15H22O2/c1-10(2)17-12-7-5-11(6-8-12)13-9-14(16)15(13,3)4/h5-8,10,13-14,16H,9H2,1-4H3. The largest absolute Gasteiger partial charge is 0.491 e. The number of benzene rings is 1. The third kappa shape index (κ3) is 2.32. The maximum absolute atomic E-state index is 9.76. The van der Waals surface area contributed by atoms with Gasteiger partial charge in [0.2, 0.25) is 0 Å². The van der Waals surface area contributed by atoms with E-state index in [1.807, 2.05) is 26.0 Å². The van der Waals surface area contributed by atoms with Gasteiger partial charge in [0.25, 0.3) is 0 Å². The summed E-state index contributed by atoms with van der Waals surface area (Å²) in [6.07, 6.45) is 0.916. The zero-order valence-electron chi connectivity index (χ0n) is 11.1. The zero-order chi connectivity index (χ0) is 12.6. The van der Waals surface area contributed by atoms with Crippen LogP contribution in [0, 0.1) is 5.41 Å². The number of aliphatic hydroxyl groups excluding tert-OH is 1. The molecular formula is C15H22O2. The summed E-state index contributed by atoms with van der Waals surface area (Å²) in [5, 5.41) is 9.76. The van der Waals surface area contributed by atoms with E-state index in [2.05, 4.69) is 26.0 Å². The molecule has 1 aliphatic rings. The van der Waals surface area contributed by atoms with Crippen molar-refractivity contribution in [3.8, 4) is 5.75 Å². The van der Waals surface area contributed by atoms with Crippen molar-refractivity contribution in [1.82, 2.24) is 0 Å². The Bertz CT molecular complexity index is 378. The second kappa shape index (κ2) is 4.34. The van der Waals surface area contributed by atoms with E-state index < -0.39 is 0 Å². The van der Waals surface area contributed by atoms with Gasteiger partial charge in [0.15, 0.2) is 0 Å². The van der Waals surface area contributed by atoms with Gasteiger partial charge in [-0.25, -0.2) is 0 Å². The fraction of sp³-hybridized carbons (Fsp3) is 0.600. The summed E-state index contributed by atoms with van der Waals surface area (Å²) in [5.74, 6) is 1.38. The molecular weight excluding hydrogens is 212 g/mol. The molecule has 0 heterocycles. The molecule has 94 valence electrons. The van der Waals surface area contributed by atoms with Gasteiger partial charge in [-0.1, -0.05) is 26.0 Å². The molecule has 17 heavy (non-hydrogen) atoms. The van der Waals surface area contributed by atoms with E-state index in [-0.39, 0.29) is 17.6 Å². The first-order chi connectivity index (χ1) is 7.91. The minimum absolute atomic E-state index is 0.000418. The van der Waals surface area contributed by atoms with Gasteiger partial charge in [-0.3, -0.25) is 0 Å². The molecule has 2 heteroatoms. The van der Waals surface area contributed by atoms with E-state index in [9.17, 15) is 5.11 Å². The molecule has 2 atom stereocenters. The van der Waals surface area contributed by atoms with Crippen LogP contribution in [0.4, 0.5) is 0 Å². The van der Waals surface area contributed by atoms with Gasteiger partial charge in [0.1, 0.15) is 5.75 Å². The molecule has 1 saturated carbocycles. The fourth-order valence-corrected chi connectivity index (χ4v) is 2.52. The first kappa shape index (κ1) is 12.4. The van der Waals surface area contributed by atoms with Crippen LogP contribution in [-0.4, -0.2) is 17.3 Å². The van der Waals surface area contributed by atoms with Gasteiger partial charge in [0.05, 0.1) is 12.2 Å². The highest BCUT2D eigenvalue weighted by Gasteiger charge is 2.47. The highest BCUT2D eigenvalue weighted by molar-refractivity contribution is 5.32. The van der Waals surface area contributed by atoms with Crippen LogP contribution < -0.4 is 4.74 Å². The van der Waals surface area contributed by atoms with Crippen LogP contribution in [0.15, 0.2) is 24.3 Å². The number of rotatable bonds is 3. The molecule has 0 saturated heterocycles. The summed E-state index contributed by atoms with van der Waals surface area (Å²) in [6, 6.07) is 8.29. The molecule has 0 spiro atoms. The third-order valence-electron chi connectivity index (χ3n) is 3.87. The van der Waals surface area contributed by atoms with Gasteiger partial charge >= 0.3 is 0 Å². The van der Waals surface area contributed by atoms with Crippen molar-refractivity contribution in [2.45, 2.75) is 52.2 Å². The predicted molar refractivity (Wildman–Crippen MR) is 69.4 cm³/mol. The summed E-state index contributed by atoms with van der Waals surface area (Å²) in [6.45, 7) is 8.31. The van der Waals surface area contributed by atoms with Gasteiger partial charge in [0, 0.05) is 0 Å². The molecule has 0 bridgehead atoms. The number of ether oxygens (including phenoxy) is 1. The Morgan fingerprint density at radius 3 is 2.24 bits per heavy atom. The Hall–Kier alpha value is -1.02. The number of hydrogen-bond acceptors (Lipinski definition) is 2. The highest BCUT2D eigenvalue weighted by atomic mass is 16.5. The second-order valence-corrected chi connectivity index (χ2v) is 5.86. The molecule has 2 rings (SSSR count). The van der Waals surface area contributed by atoms with Crippen molar-refractivity contribution >= 4 is 0 Å². The molecule has 0 aromatic heterocycles. The van der Waals surface area contributed by atoms with Gasteiger partial charge < -0.3 is 9.84 Å². The first-order valence-electron chi connectivity index (χ1n) is 6.36. The van der Waals surface area contributed by atoms with Gasteiger partial charge in [-0.15, -0.1) is 0 Å². The third-order valence-corrected chi connectivity index (χ3v) is 3.87. The first-order valence-corrected chi connectivity index (χ1v) is 6.36. The summed E-state index contributed by atoms with van der Waals surface area (Å²) in [4.78, 5) is 0. The Morgan fingerprint density at radius 2 is 1.82 bits per heavy atom. The normalized spacial score (nSPS) is 26.7. The van der Waals surface area contributed by atoms with E-state index in [1.165, 1.54) is 5.56 Å². The number of hydrogen-bond donors (Lipinski definition) is 1. The minimum Gasteiger partial charge on any atom is -0.491 e. The molecule has 0 amide bonds. The van der Waals surface area contributed by atoms with Crippen LogP contribution in [0.25, 0.3) is 0 Å². The Kier molecular flexibility index (Phi) is 3.17. The molecule has 2 nitrogen and oxygen atoms in total. The molecule has 0 aliphatic heterocycles. The predicted octanol–water partition coefficient (Wildman–Crippen LogP) is 3.35. The highest BCUT2D eigenvalue weighted by Crippen LogP contribution is 2.52. The topological polar surface area (TPSA) is 29.5 Å². The van der Waals surface area contributed by atoms with Crippen molar-refractivity contribution in [3.63, 3.8) is 0 Å². The maximum Gasteiger partial charge on any atom is 0.119 e. The van der Waals surface area contributed by atoms with E-state index in [1.54, 1.807) is 0 Å². The summed E-state index contributed by atoms with van der Waals surface area (Å²) >= 11 is 0. The molecule has 1 fully saturated rings. The van der Waals surface area contributed by atoms with Crippen LogP contribution in [0.3, 0.4) is 0 Å². The average molecular weight is 234 g/mol. The molecule has 1 aromatic rings. The Balaban J connectivity index is 2.09. The van der Waals surface area contributed by atoms with Crippen molar-refractivity contribution in [1.29, 1.82) is 0 Å². The summed E-state index contributed by atoms with van der Waals surface area (Å²) in [5.41, 5.74) is 1.30. The van der Waals surface area contributed by atoms with Crippen LogP contribution in [0.5, 0.6) is 5.75 Å². The van der Waals surface area contributed by atoms with E-state index >= 15 is 0 Å². The SMILES string of the molecule is CC(C)Oc1ccc(C2CC(O)C2(C)C)cc1. The van der Waals surface area contributed by atoms with E-state index in [0.29, 0.717) is 5.92 Å². The molecule has 1 aliphatic carbocycles. The van der Waals surface area contributed by atoms with Crippen LogP contribution in [0.2, 0.25) is 0 Å². The van der Waals surface area contributed by atoms with Crippen LogP contribution >= 0.6 is 0 Å². The van der Waals surface area contributed by atoms with Crippen molar-refractivity contribution in [2.75, 3.05) is 0 Å². The van der Waals surface area contributed by atoms with E-state index in [4.69, 9.17) is 4.74 Å². The maximum atomic E-state index is 9.76. The molecule has 1 aromatic carbocycles. The van der Waals surface area contributed by atoms with Gasteiger partial charge in [-0.05, 0) is 49.3 Å². The fourth-order valence-electron chi connectivity index (χ4n) is 2.52. The van der Waals surface area contributed by atoms with Crippen molar-refractivity contribution in [3.05, 3.63) is 29.8 Å². The number of aliphatic hydroxyl groups is 1. The molecule has 0 radical (unpaired) electrons. The molecule has 1 N–H and O–H groups in total. The second-order valence-electron chi connectivity index (χ2n) is 5.86. The smallest absolute Gasteiger partial charge is 0.119 e. The average Bonchev–Trinajstić information content (AvgIpc) is 2.26. The summed E-state index contributed by atoms with van der Waals surface area (Å²) < 4.78 is 5.62. The Morgan fingerprint density at radius 1 is 1.24 bits per heavy atom. The lowest BCUT2D eigenvalue weighted by molar-refractivity contribution is -0.0625. The quantitative estimate of drug-likeness (QED) is 0.869. The lowest BCUT2D eigenvalue weighted by Crippen LogP contribution is -2.47. The lowest BCUT2D eigenvalue weighted by atomic mass is 9.58. The lowest BCUT2D eigenvalue weighted by Gasteiger charge is -2.49. The zero-order valence-corrected chi connectivity index (χ0v) is 11.1. The summed E-state index contributed by atoms with van der Waals surface area (Å²) in [7, 11) is 0. The minimum atomic E-state index is -0.168. The van der Waals surface area contributed by atoms with E-state index in [0.717, 1.165) is 12.2 Å². The monoisotopic (exact) mass is 234 g/mol.